The van der Waals surface area contributed by atoms with Gasteiger partial charge in [-0.05, 0) is 61.1 Å². The predicted octanol–water partition coefficient (Wildman–Crippen LogP) is 3.72. The van der Waals surface area contributed by atoms with Crippen LogP contribution in [0.3, 0.4) is 0 Å². The minimum atomic E-state index is -0.390. The zero-order valence-electron chi connectivity index (χ0n) is 17.3. The van der Waals surface area contributed by atoms with Crippen molar-refractivity contribution in [3.63, 3.8) is 0 Å². The third-order valence-electron chi connectivity index (χ3n) is 5.96. The van der Waals surface area contributed by atoms with Gasteiger partial charge in [0, 0.05) is 31.4 Å². The number of anilines is 1. The van der Waals surface area contributed by atoms with Gasteiger partial charge in [-0.25, -0.2) is 0 Å². The van der Waals surface area contributed by atoms with E-state index in [-0.39, 0.29) is 17.7 Å². The number of hydrogen-bond donors (Lipinski definition) is 1. The van der Waals surface area contributed by atoms with E-state index in [2.05, 4.69) is 5.32 Å². The first kappa shape index (κ1) is 20.4. The number of nitrogens with one attached hydrogen (secondary N) is 1. The second kappa shape index (κ2) is 9.30. The standard InChI is InChI=1S/C24H28N2O4/c1-29-21-5-2-4-19(16-21)17-7-9-20(10-8-17)25-23(27)22-6-3-13-26(22)24(28)18-11-14-30-15-12-18/h2,4-5,7-10,16,18,22H,3,6,11-15H2,1H3,(H,25,27)/t22-/m1/s1. The predicted molar refractivity (Wildman–Crippen MR) is 115 cm³/mol. The fraction of sp³-hybridized carbons (Fsp3) is 0.417. The van der Waals surface area contributed by atoms with Crippen molar-refractivity contribution in [2.75, 3.05) is 32.2 Å². The minimum absolute atomic E-state index is 0.0192. The van der Waals surface area contributed by atoms with Gasteiger partial charge in [0.2, 0.25) is 11.8 Å². The average Bonchev–Trinajstić information content (AvgIpc) is 3.30. The van der Waals surface area contributed by atoms with Gasteiger partial charge in [0.15, 0.2) is 0 Å². The Hall–Kier alpha value is -2.86. The summed E-state index contributed by atoms with van der Waals surface area (Å²) in [6.45, 7) is 1.91. The summed E-state index contributed by atoms with van der Waals surface area (Å²) >= 11 is 0. The summed E-state index contributed by atoms with van der Waals surface area (Å²) in [6.07, 6.45) is 3.06. The van der Waals surface area contributed by atoms with Crippen molar-refractivity contribution >= 4 is 17.5 Å². The second-order valence-electron chi connectivity index (χ2n) is 7.87. The van der Waals surface area contributed by atoms with Crippen molar-refractivity contribution in [1.29, 1.82) is 0 Å². The lowest BCUT2D eigenvalue weighted by atomic mass is 9.98. The summed E-state index contributed by atoms with van der Waals surface area (Å²) in [7, 11) is 1.65. The molecule has 30 heavy (non-hydrogen) atoms. The van der Waals surface area contributed by atoms with E-state index in [1.165, 1.54) is 0 Å². The van der Waals surface area contributed by atoms with Crippen LogP contribution in [0.5, 0.6) is 5.75 Å². The molecule has 2 amide bonds. The van der Waals surface area contributed by atoms with Crippen LogP contribution >= 0.6 is 0 Å². The third-order valence-corrected chi connectivity index (χ3v) is 5.96. The van der Waals surface area contributed by atoms with Gasteiger partial charge in [0.05, 0.1) is 7.11 Å². The van der Waals surface area contributed by atoms with E-state index >= 15 is 0 Å². The maximum Gasteiger partial charge on any atom is 0.247 e. The van der Waals surface area contributed by atoms with Crippen LogP contribution in [0.1, 0.15) is 25.7 Å². The summed E-state index contributed by atoms with van der Waals surface area (Å²) in [5.74, 6) is 0.779. The molecule has 0 bridgehead atoms. The first-order valence-corrected chi connectivity index (χ1v) is 10.6. The largest absolute Gasteiger partial charge is 0.497 e. The molecule has 4 rings (SSSR count). The van der Waals surface area contributed by atoms with Crippen molar-refractivity contribution in [2.24, 2.45) is 5.92 Å². The molecule has 0 aliphatic carbocycles. The number of methoxy groups -OCH3 is 1. The molecule has 2 saturated heterocycles. The van der Waals surface area contributed by atoms with Crippen molar-refractivity contribution < 1.29 is 19.1 Å². The molecule has 1 N–H and O–H groups in total. The number of likely N-dealkylation sites (tertiary alicyclic amines) is 1. The Morgan fingerprint density at radius 1 is 1.03 bits per heavy atom. The Morgan fingerprint density at radius 2 is 1.80 bits per heavy atom. The van der Waals surface area contributed by atoms with E-state index in [1.54, 1.807) is 12.0 Å². The molecule has 2 aliphatic rings. The number of ether oxygens (including phenoxy) is 2. The maximum atomic E-state index is 12.9. The Morgan fingerprint density at radius 3 is 2.53 bits per heavy atom. The van der Waals surface area contributed by atoms with Gasteiger partial charge in [-0.15, -0.1) is 0 Å². The van der Waals surface area contributed by atoms with E-state index < -0.39 is 6.04 Å². The summed E-state index contributed by atoms with van der Waals surface area (Å²) in [5, 5.41) is 2.99. The van der Waals surface area contributed by atoms with Gasteiger partial charge in [-0.1, -0.05) is 24.3 Å². The maximum absolute atomic E-state index is 12.9. The van der Waals surface area contributed by atoms with Crippen LogP contribution in [0.15, 0.2) is 48.5 Å². The highest BCUT2D eigenvalue weighted by Gasteiger charge is 2.37. The number of hydrogen-bond acceptors (Lipinski definition) is 4. The highest BCUT2D eigenvalue weighted by Crippen LogP contribution is 2.27. The fourth-order valence-corrected chi connectivity index (χ4v) is 4.26. The summed E-state index contributed by atoms with van der Waals surface area (Å²) in [6, 6.07) is 15.2. The zero-order chi connectivity index (χ0) is 20.9. The molecular formula is C24H28N2O4. The number of benzene rings is 2. The fourth-order valence-electron chi connectivity index (χ4n) is 4.26. The summed E-state index contributed by atoms with van der Waals surface area (Å²) in [5.41, 5.74) is 2.83. The van der Waals surface area contributed by atoms with E-state index in [9.17, 15) is 9.59 Å². The Balaban J connectivity index is 1.40. The molecule has 2 aromatic rings. The van der Waals surface area contributed by atoms with E-state index in [4.69, 9.17) is 9.47 Å². The van der Waals surface area contributed by atoms with Crippen molar-refractivity contribution in [2.45, 2.75) is 31.7 Å². The number of rotatable bonds is 5. The van der Waals surface area contributed by atoms with E-state index in [1.807, 2.05) is 48.5 Å². The van der Waals surface area contributed by atoms with Gasteiger partial charge in [-0.3, -0.25) is 9.59 Å². The lowest BCUT2D eigenvalue weighted by Gasteiger charge is -2.30. The van der Waals surface area contributed by atoms with Gasteiger partial charge in [0.25, 0.3) is 0 Å². The van der Waals surface area contributed by atoms with Crippen LogP contribution in [-0.4, -0.2) is 49.6 Å². The normalized spacial score (nSPS) is 19.5. The number of carbonyl (C=O) groups is 2. The van der Waals surface area contributed by atoms with Gasteiger partial charge >= 0.3 is 0 Å². The van der Waals surface area contributed by atoms with E-state index in [0.29, 0.717) is 26.2 Å². The first-order chi connectivity index (χ1) is 14.7. The molecule has 2 aromatic carbocycles. The van der Waals surface area contributed by atoms with Gasteiger partial charge in [0.1, 0.15) is 11.8 Å². The Bertz CT molecular complexity index is 890. The topological polar surface area (TPSA) is 67.9 Å². The molecule has 2 aliphatic heterocycles. The number of carbonyl (C=O) groups excluding carboxylic acids is 2. The molecule has 1 atom stereocenters. The average molecular weight is 408 g/mol. The van der Waals surface area contributed by atoms with Gasteiger partial charge < -0.3 is 19.7 Å². The van der Waals surface area contributed by atoms with Crippen molar-refractivity contribution in [3.8, 4) is 16.9 Å². The highest BCUT2D eigenvalue weighted by atomic mass is 16.5. The molecule has 0 spiro atoms. The molecule has 6 nitrogen and oxygen atoms in total. The molecule has 6 heteroatoms. The van der Waals surface area contributed by atoms with Crippen LogP contribution < -0.4 is 10.1 Å². The second-order valence-corrected chi connectivity index (χ2v) is 7.87. The molecular weight excluding hydrogens is 380 g/mol. The SMILES string of the molecule is COc1cccc(-c2ccc(NC(=O)[C@H]3CCCN3C(=O)C3CCOCC3)cc2)c1. The number of amides is 2. The zero-order valence-corrected chi connectivity index (χ0v) is 17.3. The minimum Gasteiger partial charge on any atom is -0.497 e. The third kappa shape index (κ3) is 4.49. The molecule has 2 heterocycles. The van der Waals surface area contributed by atoms with Crippen LogP contribution in [0.25, 0.3) is 11.1 Å². The summed E-state index contributed by atoms with van der Waals surface area (Å²) in [4.78, 5) is 27.6. The monoisotopic (exact) mass is 408 g/mol. The quantitative estimate of drug-likeness (QED) is 0.819. The van der Waals surface area contributed by atoms with Gasteiger partial charge in [-0.2, -0.15) is 0 Å². The van der Waals surface area contributed by atoms with Crippen LogP contribution in [-0.2, 0) is 14.3 Å². The number of nitrogens with zero attached hydrogens (tertiary/aromatic N) is 1. The van der Waals surface area contributed by atoms with Crippen LogP contribution in [0.4, 0.5) is 5.69 Å². The van der Waals surface area contributed by atoms with Crippen molar-refractivity contribution in [3.05, 3.63) is 48.5 Å². The lowest BCUT2D eigenvalue weighted by molar-refractivity contribution is -0.142. The van der Waals surface area contributed by atoms with Crippen molar-refractivity contribution in [1.82, 2.24) is 4.90 Å². The smallest absolute Gasteiger partial charge is 0.247 e. The van der Waals surface area contributed by atoms with E-state index in [0.717, 1.165) is 41.8 Å². The highest BCUT2D eigenvalue weighted by molar-refractivity contribution is 5.98. The van der Waals surface area contributed by atoms with Crippen LogP contribution in [0.2, 0.25) is 0 Å². The molecule has 0 saturated carbocycles. The molecule has 0 aromatic heterocycles. The molecule has 0 radical (unpaired) electrons. The molecule has 2 fully saturated rings. The lowest BCUT2D eigenvalue weighted by Crippen LogP contribution is -2.46. The molecule has 0 unspecified atom stereocenters. The Kier molecular flexibility index (Phi) is 6.33. The Labute approximate surface area is 177 Å². The molecule has 158 valence electrons. The van der Waals surface area contributed by atoms with Crippen LogP contribution in [0, 0.1) is 5.92 Å². The summed E-state index contributed by atoms with van der Waals surface area (Å²) < 4.78 is 10.6. The first-order valence-electron chi connectivity index (χ1n) is 10.6.